The summed E-state index contributed by atoms with van der Waals surface area (Å²) in [4.78, 5) is 4.24. The van der Waals surface area contributed by atoms with Gasteiger partial charge < -0.3 is 19.3 Å². The van der Waals surface area contributed by atoms with Crippen molar-refractivity contribution in [3.05, 3.63) is 47.0 Å². The van der Waals surface area contributed by atoms with Crippen LogP contribution in [0.5, 0.6) is 11.5 Å². The second-order valence-corrected chi connectivity index (χ2v) is 5.80. The number of hydrogen-bond acceptors (Lipinski definition) is 6. The van der Waals surface area contributed by atoms with Crippen molar-refractivity contribution in [2.75, 3.05) is 14.2 Å². The SMILES string of the molecule is COc1cc(F)c(C(C)NCc2cnc3onc(C)c3c2)cc1OC. The number of methoxy groups -OCH3 is 2. The molecule has 25 heavy (non-hydrogen) atoms. The van der Waals surface area contributed by atoms with E-state index in [4.69, 9.17) is 14.0 Å². The highest BCUT2D eigenvalue weighted by Gasteiger charge is 2.16. The summed E-state index contributed by atoms with van der Waals surface area (Å²) in [5.41, 5.74) is 2.78. The summed E-state index contributed by atoms with van der Waals surface area (Å²) in [6.45, 7) is 4.29. The Labute approximate surface area is 144 Å². The standard InChI is InChI=1S/C18H20FN3O3/c1-10(13-6-16(23-3)17(24-4)7-15(13)19)20-8-12-5-14-11(2)22-25-18(14)21-9-12/h5-7,9-10,20H,8H2,1-4H3. The maximum atomic E-state index is 14.3. The van der Waals surface area contributed by atoms with Gasteiger partial charge in [0.1, 0.15) is 5.82 Å². The van der Waals surface area contributed by atoms with E-state index in [2.05, 4.69) is 15.5 Å². The zero-order valence-corrected chi connectivity index (χ0v) is 14.6. The molecule has 3 rings (SSSR count). The molecule has 3 aromatic rings. The van der Waals surface area contributed by atoms with Gasteiger partial charge in [0.2, 0.25) is 0 Å². The smallest absolute Gasteiger partial charge is 0.257 e. The van der Waals surface area contributed by atoms with Crippen molar-refractivity contribution in [2.24, 2.45) is 0 Å². The second-order valence-electron chi connectivity index (χ2n) is 5.80. The molecule has 1 aromatic carbocycles. The van der Waals surface area contributed by atoms with Crippen LogP contribution in [0.1, 0.15) is 29.8 Å². The molecule has 7 heteroatoms. The third-order valence-corrected chi connectivity index (χ3v) is 4.15. The molecular weight excluding hydrogens is 325 g/mol. The van der Waals surface area contributed by atoms with Gasteiger partial charge >= 0.3 is 0 Å². The molecule has 0 spiro atoms. The number of nitrogens with zero attached hydrogens (tertiary/aromatic N) is 2. The molecule has 0 amide bonds. The van der Waals surface area contributed by atoms with Crippen LogP contribution in [0.25, 0.3) is 11.1 Å². The van der Waals surface area contributed by atoms with Gasteiger partial charge in [0.15, 0.2) is 11.5 Å². The fraction of sp³-hybridized carbons (Fsp3) is 0.333. The number of aryl methyl sites for hydroxylation is 1. The van der Waals surface area contributed by atoms with E-state index in [0.717, 1.165) is 16.6 Å². The summed E-state index contributed by atoms with van der Waals surface area (Å²) < 4.78 is 29.8. The van der Waals surface area contributed by atoms with E-state index in [1.54, 1.807) is 12.3 Å². The molecule has 132 valence electrons. The number of halogens is 1. The molecule has 0 saturated carbocycles. The van der Waals surface area contributed by atoms with Crippen molar-refractivity contribution in [2.45, 2.75) is 26.4 Å². The van der Waals surface area contributed by atoms with Gasteiger partial charge in [-0.05, 0) is 31.5 Å². The molecule has 1 N–H and O–H groups in total. The van der Waals surface area contributed by atoms with Crippen molar-refractivity contribution < 1.29 is 18.4 Å². The van der Waals surface area contributed by atoms with Crippen molar-refractivity contribution in [1.29, 1.82) is 0 Å². The molecule has 0 aliphatic carbocycles. The first-order valence-corrected chi connectivity index (χ1v) is 7.89. The molecule has 0 aliphatic rings. The maximum absolute atomic E-state index is 14.3. The molecule has 0 bridgehead atoms. The lowest BCUT2D eigenvalue weighted by Crippen LogP contribution is -2.19. The fourth-order valence-electron chi connectivity index (χ4n) is 2.67. The Bertz CT molecular complexity index is 895. The topological polar surface area (TPSA) is 69.4 Å². The number of nitrogens with one attached hydrogen (secondary N) is 1. The molecule has 1 unspecified atom stereocenters. The van der Waals surface area contributed by atoms with Crippen molar-refractivity contribution in [3.63, 3.8) is 0 Å². The Morgan fingerprint density at radius 2 is 1.92 bits per heavy atom. The Hall–Kier alpha value is -2.67. The first-order valence-electron chi connectivity index (χ1n) is 7.89. The van der Waals surface area contributed by atoms with Gasteiger partial charge in [-0.25, -0.2) is 9.37 Å². The van der Waals surface area contributed by atoms with Gasteiger partial charge in [-0.3, -0.25) is 0 Å². The van der Waals surface area contributed by atoms with E-state index in [1.165, 1.54) is 20.3 Å². The van der Waals surface area contributed by atoms with Crippen LogP contribution < -0.4 is 14.8 Å². The minimum absolute atomic E-state index is 0.223. The molecule has 2 aromatic heterocycles. The molecule has 1 atom stereocenters. The third-order valence-electron chi connectivity index (χ3n) is 4.15. The molecule has 0 fully saturated rings. The number of hydrogen-bond donors (Lipinski definition) is 1. The van der Waals surface area contributed by atoms with Crippen LogP contribution in [-0.4, -0.2) is 24.4 Å². The van der Waals surface area contributed by atoms with Crippen LogP contribution in [0.2, 0.25) is 0 Å². The predicted octanol–water partition coefficient (Wildman–Crippen LogP) is 3.54. The summed E-state index contributed by atoms with van der Waals surface area (Å²) in [6, 6.07) is 4.73. The minimum atomic E-state index is -0.346. The van der Waals surface area contributed by atoms with E-state index >= 15 is 0 Å². The quantitative estimate of drug-likeness (QED) is 0.737. The predicted molar refractivity (Wildman–Crippen MR) is 91.3 cm³/mol. The second kappa shape index (κ2) is 7.06. The summed E-state index contributed by atoms with van der Waals surface area (Å²) >= 11 is 0. The van der Waals surface area contributed by atoms with Crippen LogP contribution in [0.4, 0.5) is 4.39 Å². The van der Waals surface area contributed by atoms with Gasteiger partial charge in [0, 0.05) is 30.4 Å². The van der Waals surface area contributed by atoms with Gasteiger partial charge in [0.05, 0.1) is 25.3 Å². The fourth-order valence-corrected chi connectivity index (χ4v) is 2.67. The first kappa shape index (κ1) is 17.2. The zero-order valence-electron chi connectivity index (χ0n) is 14.6. The number of aromatic nitrogens is 2. The zero-order chi connectivity index (χ0) is 18.0. The van der Waals surface area contributed by atoms with Crippen LogP contribution in [0.15, 0.2) is 28.9 Å². The lowest BCUT2D eigenvalue weighted by Gasteiger charge is -2.17. The van der Waals surface area contributed by atoms with Gasteiger partial charge in [-0.15, -0.1) is 0 Å². The number of pyridine rings is 1. The van der Waals surface area contributed by atoms with Gasteiger partial charge in [-0.1, -0.05) is 5.16 Å². The Kier molecular flexibility index (Phi) is 4.85. The Morgan fingerprint density at radius 1 is 1.20 bits per heavy atom. The monoisotopic (exact) mass is 345 g/mol. The molecule has 6 nitrogen and oxygen atoms in total. The number of benzene rings is 1. The third kappa shape index (κ3) is 3.41. The van der Waals surface area contributed by atoms with Crippen LogP contribution >= 0.6 is 0 Å². The lowest BCUT2D eigenvalue weighted by molar-refractivity contribution is 0.350. The first-order chi connectivity index (χ1) is 12.0. The number of fused-ring (bicyclic) bond motifs is 1. The van der Waals surface area contributed by atoms with Crippen molar-refractivity contribution in [3.8, 4) is 11.5 Å². The largest absolute Gasteiger partial charge is 0.493 e. The highest BCUT2D eigenvalue weighted by molar-refractivity contribution is 5.75. The van der Waals surface area contributed by atoms with E-state index in [9.17, 15) is 4.39 Å². The van der Waals surface area contributed by atoms with E-state index < -0.39 is 0 Å². The summed E-state index contributed by atoms with van der Waals surface area (Å²) in [6.07, 6.45) is 1.72. The molecule has 0 radical (unpaired) electrons. The van der Waals surface area contributed by atoms with Crippen molar-refractivity contribution >= 4 is 11.1 Å². The minimum Gasteiger partial charge on any atom is -0.493 e. The highest BCUT2D eigenvalue weighted by atomic mass is 19.1. The van der Waals surface area contributed by atoms with Crippen LogP contribution in [0.3, 0.4) is 0 Å². The van der Waals surface area contributed by atoms with Crippen LogP contribution in [0, 0.1) is 12.7 Å². The molecule has 0 saturated heterocycles. The summed E-state index contributed by atoms with van der Waals surface area (Å²) in [5.74, 6) is 0.519. The van der Waals surface area contributed by atoms with E-state index in [1.807, 2.05) is 19.9 Å². The average molecular weight is 345 g/mol. The summed E-state index contributed by atoms with van der Waals surface area (Å²) in [5, 5.41) is 8.07. The normalized spacial score (nSPS) is 12.4. The molecule has 2 heterocycles. The average Bonchev–Trinajstić information content (AvgIpc) is 3.00. The van der Waals surface area contributed by atoms with Crippen LogP contribution in [-0.2, 0) is 6.54 Å². The van der Waals surface area contributed by atoms with Gasteiger partial charge in [-0.2, -0.15) is 0 Å². The molecule has 0 aliphatic heterocycles. The lowest BCUT2D eigenvalue weighted by atomic mass is 10.1. The van der Waals surface area contributed by atoms with Crippen molar-refractivity contribution in [1.82, 2.24) is 15.5 Å². The Morgan fingerprint density at radius 3 is 2.64 bits per heavy atom. The Balaban J connectivity index is 1.77. The van der Waals surface area contributed by atoms with E-state index in [0.29, 0.717) is 29.3 Å². The summed E-state index contributed by atoms with van der Waals surface area (Å²) in [7, 11) is 3.01. The maximum Gasteiger partial charge on any atom is 0.257 e. The van der Waals surface area contributed by atoms with E-state index in [-0.39, 0.29) is 11.9 Å². The number of rotatable bonds is 6. The number of ether oxygens (including phenoxy) is 2. The molecular formula is C18H20FN3O3. The highest BCUT2D eigenvalue weighted by Crippen LogP contribution is 2.32. The van der Waals surface area contributed by atoms with Gasteiger partial charge in [0.25, 0.3) is 5.71 Å².